The summed E-state index contributed by atoms with van der Waals surface area (Å²) in [7, 11) is 0. The van der Waals surface area contributed by atoms with E-state index < -0.39 is 11.3 Å². The predicted molar refractivity (Wildman–Crippen MR) is 95.3 cm³/mol. The van der Waals surface area contributed by atoms with Crippen molar-refractivity contribution >= 4 is 23.7 Å². The zero-order chi connectivity index (χ0) is 18.6. The first-order valence-corrected chi connectivity index (χ1v) is 8.97. The summed E-state index contributed by atoms with van der Waals surface area (Å²) in [6.07, 6.45) is 1.61. The van der Waals surface area contributed by atoms with Gasteiger partial charge in [-0.3, -0.25) is 10.1 Å². The minimum absolute atomic E-state index is 0.0419. The SMILES string of the molecule is CCn1c(S[C@@H](C)C(=O)NC(=O)NC(C)C)nnc1-c1ccoc1C. The summed E-state index contributed by atoms with van der Waals surface area (Å²) in [6.45, 7) is 9.86. The van der Waals surface area contributed by atoms with Crippen LogP contribution in [0.2, 0.25) is 0 Å². The zero-order valence-electron chi connectivity index (χ0n) is 15.0. The fraction of sp³-hybridized carbons (Fsp3) is 0.500. The van der Waals surface area contributed by atoms with Crippen LogP contribution < -0.4 is 10.6 Å². The maximum Gasteiger partial charge on any atom is 0.321 e. The van der Waals surface area contributed by atoms with Gasteiger partial charge in [-0.15, -0.1) is 10.2 Å². The number of nitrogens with one attached hydrogen (secondary N) is 2. The molecule has 2 rings (SSSR count). The Morgan fingerprint density at radius 2 is 2.04 bits per heavy atom. The summed E-state index contributed by atoms with van der Waals surface area (Å²) in [4.78, 5) is 23.8. The maximum atomic E-state index is 12.2. The van der Waals surface area contributed by atoms with Crippen LogP contribution in [0.3, 0.4) is 0 Å². The van der Waals surface area contributed by atoms with Crippen LogP contribution in [-0.4, -0.2) is 38.0 Å². The van der Waals surface area contributed by atoms with Crippen LogP contribution in [0.1, 0.15) is 33.5 Å². The number of amides is 3. The lowest BCUT2D eigenvalue weighted by Crippen LogP contribution is -2.45. The highest BCUT2D eigenvalue weighted by Gasteiger charge is 2.22. The Bertz CT molecular complexity index is 753. The fourth-order valence-corrected chi connectivity index (χ4v) is 3.11. The van der Waals surface area contributed by atoms with E-state index >= 15 is 0 Å². The van der Waals surface area contributed by atoms with Crippen molar-refractivity contribution in [1.82, 2.24) is 25.4 Å². The summed E-state index contributed by atoms with van der Waals surface area (Å²) < 4.78 is 7.24. The van der Waals surface area contributed by atoms with Gasteiger partial charge >= 0.3 is 6.03 Å². The maximum absolute atomic E-state index is 12.2. The van der Waals surface area contributed by atoms with Gasteiger partial charge in [-0.05, 0) is 40.7 Å². The van der Waals surface area contributed by atoms with Gasteiger partial charge in [0.05, 0.1) is 17.1 Å². The molecule has 9 heteroatoms. The lowest BCUT2D eigenvalue weighted by Gasteiger charge is -2.13. The summed E-state index contributed by atoms with van der Waals surface area (Å²) >= 11 is 1.25. The number of rotatable bonds is 6. The third kappa shape index (κ3) is 4.62. The van der Waals surface area contributed by atoms with E-state index in [1.807, 2.05) is 38.3 Å². The zero-order valence-corrected chi connectivity index (χ0v) is 15.8. The highest BCUT2D eigenvalue weighted by molar-refractivity contribution is 8.00. The number of carbonyl (C=O) groups is 2. The molecule has 136 valence electrons. The Morgan fingerprint density at radius 3 is 2.60 bits per heavy atom. The van der Waals surface area contributed by atoms with E-state index in [9.17, 15) is 9.59 Å². The molecule has 0 saturated carbocycles. The van der Waals surface area contributed by atoms with Crippen LogP contribution in [0.4, 0.5) is 4.79 Å². The second kappa shape index (κ2) is 8.19. The molecule has 0 saturated heterocycles. The van der Waals surface area contributed by atoms with E-state index in [0.29, 0.717) is 17.5 Å². The topological polar surface area (TPSA) is 102 Å². The van der Waals surface area contributed by atoms with Gasteiger partial charge in [-0.1, -0.05) is 11.8 Å². The normalized spacial score (nSPS) is 12.2. The lowest BCUT2D eigenvalue weighted by atomic mass is 10.2. The van der Waals surface area contributed by atoms with E-state index in [-0.39, 0.29) is 11.9 Å². The highest BCUT2D eigenvalue weighted by atomic mass is 32.2. The van der Waals surface area contributed by atoms with E-state index in [0.717, 1.165) is 11.3 Å². The van der Waals surface area contributed by atoms with Crippen molar-refractivity contribution in [2.24, 2.45) is 0 Å². The Hall–Kier alpha value is -2.29. The molecule has 1 atom stereocenters. The Kier molecular flexibility index (Phi) is 6.24. The van der Waals surface area contributed by atoms with Crippen molar-refractivity contribution in [2.45, 2.75) is 57.6 Å². The third-order valence-corrected chi connectivity index (χ3v) is 4.52. The number of nitrogens with zero attached hydrogens (tertiary/aromatic N) is 3. The minimum atomic E-state index is -0.501. The summed E-state index contributed by atoms with van der Waals surface area (Å²) in [6, 6.07) is 1.30. The monoisotopic (exact) mass is 365 g/mol. The molecule has 0 bridgehead atoms. The first kappa shape index (κ1) is 19.0. The number of furan rings is 1. The molecule has 0 aromatic carbocycles. The number of urea groups is 1. The van der Waals surface area contributed by atoms with Crippen molar-refractivity contribution in [2.75, 3.05) is 0 Å². The van der Waals surface area contributed by atoms with Gasteiger partial charge in [0.15, 0.2) is 11.0 Å². The molecule has 0 fully saturated rings. The Morgan fingerprint density at radius 1 is 1.32 bits per heavy atom. The number of aromatic nitrogens is 3. The quantitative estimate of drug-likeness (QED) is 0.763. The summed E-state index contributed by atoms with van der Waals surface area (Å²) in [5, 5.41) is 13.5. The van der Waals surface area contributed by atoms with Gasteiger partial charge in [0.25, 0.3) is 0 Å². The van der Waals surface area contributed by atoms with E-state index in [1.54, 1.807) is 13.2 Å². The first-order valence-electron chi connectivity index (χ1n) is 8.09. The van der Waals surface area contributed by atoms with Crippen LogP contribution in [-0.2, 0) is 11.3 Å². The summed E-state index contributed by atoms with van der Waals surface area (Å²) in [5.41, 5.74) is 0.870. The molecule has 0 aliphatic heterocycles. The fourth-order valence-electron chi connectivity index (χ4n) is 2.20. The van der Waals surface area contributed by atoms with E-state index in [4.69, 9.17) is 4.42 Å². The molecular weight excluding hydrogens is 342 g/mol. The molecule has 0 aliphatic rings. The molecule has 2 aromatic heterocycles. The largest absolute Gasteiger partial charge is 0.469 e. The van der Waals surface area contributed by atoms with Crippen LogP contribution in [0.5, 0.6) is 0 Å². The van der Waals surface area contributed by atoms with Gasteiger partial charge < -0.3 is 14.3 Å². The van der Waals surface area contributed by atoms with Crippen LogP contribution >= 0.6 is 11.8 Å². The molecule has 0 spiro atoms. The molecule has 8 nitrogen and oxygen atoms in total. The first-order chi connectivity index (χ1) is 11.8. The second-order valence-corrected chi connectivity index (χ2v) is 7.13. The molecule has 0 aliphatic carbocycles. The molecular formula is C16H23N5O3S. The van der Waals surface area contributed by atoms with Gasteiger partial charge in [0, 0.05) is 12.6 Å². The molecule has 2 aromatic rings. The Balaban J connectivity index is 2.10. The highest BCUT2D eigenvalue weighted by Crippen LogP contribution is 2.28. The third-order valence-electron chi connectivity index (χ3n) is 3.44. The average Bonchev–Trinajstić information content (AvgIpc) is 3.11. The van der Waals surface area contributed by atoms with Crippen molar-refractivity contribution in [1.29, 1.82) is 0 Å². The van der Waals surface area contributed by atoms with Crippen LogP contribution in [0, 0.1) is 6.92 Å². The Labute approximate surface area is 150 Å². The number of hydrogen-bond donors (Lipinski definition) is 2. The minimum Gasteiger partial charge on any atom is -0.469 e. The molecule has 25 heavy (non-hydrogen) atoms. The van der Waals surface area contributed by atoms with E-state index in [2.05, 4.69) is 20.8 Å². The van der Waals surface area contributed by atoms with Gasteiger partial charge in [-0.25, -0.2) is 4.79 Å². The van der Waals surface area contributed by atoms with Crippen LogP contribution in [0.15, 0.2) is 21.9 Å². The van der Waals surface area contributed by atoms with Gasteiger partial charge in [-0.2, -0.15) is 0 Å². The number of thioether (sulfide) groups is 1. The van der Waals surface area contributed by atoms with Crippen molar-refractivity contribution in [3.63, 3.8) is 0 Å². The molecule has 3 amide bonds. The molecule has 2 heterocycles. The predicted octanol–water partition coefficient (Wildman–Crippen LogP) is 2.58. The van der Waals surface area contributed by atoms with Crippen molar-refractivity contribution in [3.8, 4) is 11.4 Å². The average molecular weight is 365 g/mol. The van der Waals surface area contributed by atoms with Crippen molar-refractivity contribution < 1.29 is 14.0 Å². The standard InChI is InChI=1S/C16H23N5O3S/c1-6-21-13(12-7-8-24-10(12)4)19-20-16(21)25-11(5)14(22)18-15(23)17-9(2)3/h7-9,11H,6H2,1-5H3,(H2,17,18,22,23)/t11-/m0/s1. The van der Waals surface area contributed by atoms with Crippen molar-refractivity contribution in [3.05, 3.63) is 18.1 Å². The van der Waals surface area contributed by atoms with Gasteiger partial charge in [0.1, 0.15) is 5.76 Å². The van der Waals surface area contributed by atoms with Crippen LogP contribution in [0.25, 0.3) is 11.4 Å². The van der Waals surface area contributed by atoms with E-state index in [1.165, 1.54) is 11.8 Å². The molecule has 0 unspecified atom stereocenters. The lowest BCUT2D eigenvalue weighted by molar-refractivity contribution is -0.119. The number of hydrogen-bond acceptors (Lipinski definition) is 6. The number of imide groups is 1. The number of aryl methyl sites for hydroxylation is 1. The molecule has 0 radical (unpaired) electrons. The van der Waals surface area contributed by atoms with Gasteiger partial charge in [0.2, 0.25) is 5.91 Å². The molecule has 2 N–H and O–H groups in total. The number of carbonyl (C=O) groups excluding carboxylic acids is 2. The second-order valence-electron chi connectivity index (χ2n) is 5.82. The summed E-state index contributed by atoms with van der Waals surface area (Å²) in [5.74, 6) is 1.08. The smallest absolute Gasteiger partial charge is 0.321 e.